The summed E-state index contributed by atoms with van der Waals surface area (Å²) in [5, 5.41) is 0. The van der Waals surface area contributed by atoms with E-state index in [1.165, 1.54) is 0 Å². The molecule has 0 bridgehead atoms. The maximum atomic E-state index is 2.30. The average Bonchev–Trinajstić information content (AvgIpc) is 1.76. The van der Waals surface area contributed by atoms with E-state index in [1.54, 1.807) is 0 Å². The van der Waals surface area contributed by atoms with Crippen LogP contribution >= 0.6 is 0 Å². The number of rotatable bonds is 0. The predicted octanol–water partition coefficient (Wildman–Crippen LogP) is 1.11. The Kier molecular flexibility index (Phi) is 1.22. The van der Waals surface area contributed by atoms with Crippen molar-refractivity contribution in [3.63, 3.8) is 0 Å². The van der Waals surface area contributed by atoms with Crippen molar-refractivity contribution in [2.75, 3.05) is 0 Å². The van der Waals surface area contributed by atoms with Crippen LogP contribution in [0.5, 0.6) is 0 Å². The molecule has 0 radical (unpaired) electrons. The van der Waals surface area contributed by atoms with E-state index in [1.807, 2.05) is 0 Å². The maximum absolute atomic E-state index is 2.30. The zero-order valence-corrected chi connectivity index (χ0v) is 5.27. The van der Waals surface area contributed by atoms with Gasteiger partial charge in [-0.05, 0) is 0 Å². The van der Waals surface area contributed by atoms with Gasteiger partial charge in [-0.25, -0.2) is 0 Å². The normalized spacial score (nSPS) is 16.0. The van der Waals surface area contributed by atoms with Crippen molar-refractivity contribution in [2.45, 2.75) is 0 Å². The molecule has 24 valence electrons. The molecule has 0 N–H and O–H groups in total. The van der Waals surface area contributed by atoms with Gasteiger partial charge in [0.2, 0.25) is 0 Å². The fraction of sp³-hybridized carbons (Fsp3) is 0. The van der Waals surface area contributed by atoms with Crippen molar-refractivity contribution in [1.29, 1.82) is 0 Å². The van der Waals surface area contributed by atoms with Gasteiger partial charge in [-0.1, -0.05) is 0 Å². The van der Waals surface area contributed by atoms with Gasteiger partial charge < -0.3 is 0 Å². The van der Waals surface area contributed by atoms with Crippen LogP contribution in [0, 0.1) is 0 Å². The fourth-order valence-electron chi connectivity index (χ4n) is 0.278. The topological polar surface area (TPSA) is 0 Å². The molecule has 0 aromatic rings. The van der Waals surface area contributed by atoms with Crippen LogP contribution in [-0.2, 0) is 23.2 Å². The van der Waals surface area contributed by atoms with Gasteiger partial charge in [0.05, 0.1) is 0 Å². The number of allylic oxidation sites excluding steroid dienone is 2. The Morgan fingerprint density at radius 2 is 1.60 bits per heavy atom. The molecule has 1 aliphatic heterocycles. The molecule has 0 aliphatic carbocycles. The van der Waals surface area contributed by atoms with E-state index in [9.17, 15) is 0 Å². The summed E-state index contributed by atoms with van der Waals surface area (Å²) in [7, 11) is 0. The van der Waals surface area contributed by atoms with Crippen LogP contribution in [0.25, 0.3) is 0 Å². The minimum absolute atomic E-state index is 0.0322. The summed E-state index contributed by atoms with van der Waals surface area (Å²) in [5.41, 5.74) is 0. The van der Waals surface area contributed by atoms with Crippen LogP contribution in [0.1, 0.15) is 0 Å². The van der Waals surface area contributed by atoms with Gasteiger partial charge in [0, 0.05) is 0 Å². The summed E-state index contributed by atoms with van der Waals surface area (Å²) in [6.07, 6.45) is 4.26. The van der Waals surface area contributed by atoms with E-state index in [2.05, 4.69) is 19.7 Å². The Bertz CT molecular complexity index is 61.7. The second-order valence-corrected chi connectivity index (χ2v) is 3.34. The van der Waals surface area contributed by atoms with Crippen LogP contribution in [0.3, 0.4) is 0 Å². The van der Waals surface area contributed by atoms with Crippen molar-refractivity contribution in [3.05, 3.63) is 19.7 Å². The average molecular weight is 143 g/mol. The molecular weight excluding hydrogens is 139 g/mol. The van der Waals surface area contributed by atoms with Crippen molar-refractivity contribution in [2.24, 2.45) is 0 Å². The molecule has 1 rings (SSSR count). The summed E-state index contributed by atoms with van der Waals surface area (Å²) in [4.78, 5) is 0. The molecule has 0 nitrogen and oxygen atoms in total. The van der Waals surface area contributed by atoms with E-state index in [4.69, 9.17) is 0 Å². The van der Waals surface area contributed by atoms with Crippen molar-refractivity contribution >= 4 is 0 Å². The molecule has 5 heavy (non-hydrogen) atoms. The molecule has 0 atom stereocenters. The Morgan fingerprint density at radius 3 is 1.80 bits per heavy atom. The molecule has 0 aromatic carbocycles. The first-order chi connectivity index (χ1) is 2.50. The molecule has 0 fully saturated rings. The Labute approximate surface area is 43.1 Å². The van der Waals surface area contributed by atoms with Gasteiger partial charge >= 0.3 is 43.0 Å². The molecule has 0 saturated carbocycles. The van der Waals surface area contributed by atoms with E-state index in [-0.39, 0.29) is 23.2 Å². The van der Waals surface area contributed by atoms with E-state index >= 15 is 0 Å². The molecule has 0 spiro atoms. The second kappa shape index (κ2) is 1.72. The van der Waals surface area contributed by atoms with E-state index in [0.29, 0.717) is 0 Å². The van der Waals surface area contributed by atoms with Crippen molar-refractivity contribution in [1.82, 2.24) is 0 Å². The summed E-state index contributed by atoms with van der Waals surface area (Å²) in [5.74, 6) is 0. The second-order valence-electron chi connectivity index (χ2n) is 0.885. The SMILES string of the molecule is C1=[CH][Zr][CH]=C1. The molecule has 0 amide bonds. The predicted molar refractivity (Wildman–Crippen MR) is 18.3 cm³/mol. The van der Waals surface area contributed by atoms with E-state index in [0.717, 1.165) is 0 Å². The summed E-state index contributed by atoms with van der Waals surface area (Å²) in [6.45, 7) is 0. The van der Waals surface area contributed by atoms with Gasteiger partial charge in [-0.15, -0.1) is 0 Å². The summed E-state index contributed by atoms with van der Waals surface area (Å²) < 4.78 is 4.59. The van der Waals surface area contributed by atoms with E-state index < -0.39 is 0 Å². The van der Waals surface area contributed by atoms with Gasteiger partial charge in [-0.3, -0.25) is 0 Å². The molecule has 0 unspecified atom stereocenters. The van der Waals surface area contributed by atoms with Crippen LogP contribution in [0.15, 0.2) is 19.7 Å². The van der Waals surface area contributed by atoms with Crippen molar-refractivity contribution < 1.29 is 23.2 Å². The standard InChI is InChI=1S/C4H4.Zr/c1-3-4-2;/h1-4H;. The van der Waals surface area contributed by atoms with Crippen LogP contribution in [0.4, 0.5) is 0 Å². The number of hydrogen-bond acceptors (Lipinski definition) is 0. The molecular formula is C4H4Zr. The first kappa shape index (κ1) is 3.55. The molecule has 1 heterocycles. The molecule has 0 aromatic heterocycles. The van der Waals surface area contributed by atoms with Crippen molar-refractivity contribution in [3.8, 4) is 0 Å². The monoisotopic (exact) mass is 142 g/mol. The Hall–Kier alpha value is 0.363. The first-order valence-corrected chi connectivity index (χ1v) is 4.42. The summed E-state index contributed by atoms with van der Waals surface area (Å²) in [6, 6.07) is 0. The van der Waals surface area contributed by atoms with Gasteiger partial charge in [0.1, 0.15) is 0 Å². The molecule has 1 heteroatoms. The van der Waals surface area contributed by atoms with Crippen LogP contribution in [-0.4, -0.2) is 0 Å². The summed E-state index contributed by atoms with van der Waals surface area (Å²) >= 11 is -0.0322. The molecule has 1 aliphatic rings. The third kappa shape index (κ3) is 0.847. The zero-order valence-electron chi connectivity index (χ0n) is 2.81. The van der Waals surface area contributed by atoms with Crippen LogP contribution in [0.2, 0.25) is 0 Å². The van der Waals surface area contributed by atoms with Crippen LogP contribution < -0.4 is 0 Å². The molecule has 0 saturated heterocycles. The Balaban J connectivity index is 2.61. The quantitative estimate of drug-likeness (QED) is 0.476. The van der Waals surface area contributed by atoms with Gasteiger partial charge in [-0.2, -0.15) is 0 Å². The third-order valence-electron chi connectivity index (χ3n) is 0.496. The minimum atomic E-state index is -0.0322. The van der Waals surface area contributed by atoms with Gasteiger partial charge in [0.15, 0.2) is 0 Å². The van der Waals surface area contributed by atoms with Gasteiger partial charge in [0.25, 0.3) is 0 Å². The zero-order chi connectivity index (χ0) is 3.54. The number of hydrogen-bond donors (Lipinski definition) is 0. The first-order valence-electron chi connectivity index (χ1n) is 1.58. The Morgan fingerprint density at radius 1 is 1.00 bits per heavy atom. The third-order valence-corrected chi connectivity index (χ3v) is 2.39. The fourth-order valence-corrected chi connectivity index (χ4v) is 1.64.